The van der Waals surface area contributed by atoms with Gasteiger partial charge < -0.3 is 10.6 Å². The lowest BCUT2D eigenvalue weighted by molar-refractivity contribution is 0.427. The molecule has 4 aromatic carbocycles. The first-order valence-electron chi connectivity index (χ1n) is 10.7. The molecule has 0 aromatic heterocycles. The van der Waals surface area contributed by atoms with Crippen molar-refractivity contribution in [2.45, 2.75) is 18.4 Å². The van der Waals surface area contributed by atoms with Crippen molar-refractivity contribution in [3.8, 4) is 0 Å². The van der Waals surface area contributed by atoms with Crippen LogP contribution in [0.5, 0.6) is 0 Å². The zero-order valence-corrected chi connectivity index (χ0v) is 16.8. The first-order valence-corrected chi connectivity index (χ1v) is 10.7. The van der Waals surface area contributed by atoms with Crippen LogP contribution in [-0.2, 0) is 0 Å². The van der Waals surface area contributed by atoms with Gasteiger partial charge in [0.1, 0.15) is 0 Å². The normalized spacial score (nSPS) is 21.7. The van der Waals surface area contributed by atoms with Gasteiger partial charge in [-0.2, -0.15) is 0 Å². The molecule has 1 heterocycles. The zero-order valence-electron chi connectivity index (χ0n) is 16.8. The number of nitrogens with one attached hydrogen (secondary N) is 2. The van der Waals surface area contributed by atoms with E-state index in [4.69, 9.17) is 0 Å². The van der Waals surface area contributed by atoms with Crippen molar-refractivity contribution in [2.24, 2.45) is 5.92 Å². The number of allylic oxidation sites excluding steroid dienone is 2. The van der Waals surface area contributed by atoms with Crippen LogP contribution in [0, 0.1) is 5.92 Å². The van der Waals surface area contributed by atoms with E-state index in [1.807, 2.05) is 6.07 Å². The van der Waals surface area contributed by atoms with E-state index in [0.717, 1.165) is 17.8 Å². The van der Waals surface area contributed by atoms with Gasteiger partial charge in [0.2, 0.25) is 0 Å². The number of hydrogen-bond acceptors (Lipinski definition) is 2. The molecule has 2 nitrogen and oxygen atoms in total. The molecule has 2 aliphatic rings. The van der Waals surface area contributed by atoms with Crippen LogP contribution < -0.4 is 10.6 Å². The average Bonchev–Trinajstić information content (AvgIpc) is 3.29. The SMILES string of the molecule is C1=CC2c3cc(Nc4ccccc4)ccc3NC(c3cccc4ccccc34)C2C1. The maximum absolute atomic E-state index is 3.90. The molecule has 1 aliphatic carbocycles. The number of fused-ring (bicyclic) bond motifs is 4. The summed E-state index contributed by atoms with van der Waals surface area (Å²) in [5.41, 5.74) is 6.31. The van der Waals surface area contributed by atoms with Gasteiger partial charge >= 0.3 is 0 Å². The minimum absolute atomic E-state index is 0.316. The number of hydrogen-bond donors (Lipinski definition) is 2. The molecular weight excluding hydrogens is 364 g/mol. The Morgan fingerprint density at radius 1 is 0.733 bits per heavy atom. The van der Waals surface area contributed by atoms with E-state index in [9.17, 15) is 0 Å². The number of para-hydroxylation sites is 1. The summed E-state index contributed by atoms with van der Waals surface area (Å²) in [7, 11) is 0. The van der Waals surface area contributed by atoms with Crippen LogP contribution in [0.2, 0.25) is 0 Å². The molecule has 0 bridgehead atoms. The third kappa shape index (κ3) is 2.88. The van der Waals surface area contributed by atoms with Crippen molar-refractivity contribution in [2.75, 3.05) is 10.6 Å². The Bertz CT molecular complexity index is 1240. The van der Waals surface area contributed by atoms with Gasteiger partial charge in [-0.25, -0.2) is 0 Å². The quantitative estimate of drug-likeness (QED) is 0.357. The molecule has 30 heavy (non-hydrogen) atoms. The Morgan fingerprint density at radius 3 is 2.50 bits per heavy atom. The Morgan fingerprint density at radius 2 is 1.57 bits per heavy atom. The van der Waals surface area contributed by atoms with Crippen LogP contribution in [0.3, 0.4) is 0 Å². The maximum Gasteiger partial charge on any atom is 0.0560 e. The second-order valence-corrected chi connectivity index (χ2v) is 8.34. The Balaban J connectivity index is 1.40. The first kappa shape index (κ1) is 17.3. The molecule has 2 N–H and O–H groups in total. The van der Waals surface area contributed by atoms with Crippen LogP contribution in [0.1, 0.15) is 29.5 Å². The zero-order chi connectivity index (χ0) is 19.9. The highest BCUT2D eigenvalue weighted by Crippen LogP contribution is 2.51. The Hall–Kier alpha value is -3.52. The summed E-state index contributed by atoms with van der Waals surface area (Å²) in [5.74, 6) is 0.984. The molecule has 0 radical (unpaired) electrons. The predicted octanol–water partition coefficient (Wildman–Crippen LogP) is 7.41. The summed E-state index contributed by atoms with van der Waals surface area (Å²) >= 11 is 0. The van der Waals surface area contributed by atoms with Gasteiger partial charge in [-0.05, 0) is 64.6 Å². The summed E-state index contributed by atoms with van der Waals surface area (Å²) < 4.78 is 0. The molecule has 146 valence electrons. The fraction of sp³-hybridized carbons (Fsp3) is 0.143. The fourth-order valence-electron chi connectivity index (χ4n) is 5.19. The van der Waals surface area contributed by atoms with E-state index in [1.54, 1.807) is 0 Å². The fourth-order valence-corrected chi connectivity index (χ4v) is 5.19. The number of rotatable bonds is 3. The van der Waals surface area contributed by atoms with Gasteiger partial charge in [-0.3, -0.25) is 0 Å². The van der Waals surface area contributed by atoms with Gasteiger partial charge in [0.25, 0.3) is 0 Å². The van der Waals surface area contributed by atoms with Crippen LogP contribution in [-0.4, -0.2) is 0 Å². The van der Waals surface area contributed by atoms with Crippen LogP contribution in [0.4, 0.5) is 17.1 Å². The molecule has 3 unspecified atom stereocenters. The molecule has 0 amide bonds. The molecule has 0 fully saturated rings. The standard InChI is InChI=1S/C28H24N2/c1-2-10-20(11-3-1)29-21-16-17-27-26(18-21)23-13-7-15-25(23)28(30-27)24-14-6-9-19-8-4-5-12-22(19)24/h1-14,16-18,23,25,28-30H,15H2. The summed E-state index contributed by atoms with van der Waals surface area (Å²) in [6.07, 6.45) is 5.89. The molecule has 1 aliphatic heterocycles. The largest absolute Gasteiger partial charge is 0.378 e. The average molecular weight is 389 g/mol. The van der Waals surface area contributed by atoms with Crippen molar-refractivity contribution < 1.29 is 0 Å². The lowest BCUT2D eigenvalue weighted by Crippen LogP contribution is -2.29. The summed E-state index contributed by atoms with van der Waals surface area (Å²) in [6, 6.07) is 32.9. The van der Waals surface area contributed by atoms with Crippen molar-refractivity contribution in [3.63, 3.8) is 0 Å². The van der Waals surface area contributed by atoms with Crippen LogP contribution in [0.15, 0.2) is 103 Å². The van der Waals surface area contributed by atoms with Crippen LogP contribution in [0.25, 0.3) is 10.8 Å². The van der Waals surface area contributed by atoms with Gasteiger partial charge in [-0.15, -0.1) is 0 Å². The second-order valence-electron chi connectivity index (χ2n) is 8.34. The van der Waals surface area contributed by atoms with Gasteiger partial charge in [0, 0.05) is 23.0 Å². The molecule has 0 spiro atoms. The first-order chi connectivity index (χ1) is 14.9. The predicted molar refractivity (Wildman–Crippen MR) is 126 cm³/mol. The molecule has 4 aromatic rings. The third-order valence-electron chi connectivity index (χ3n) is 6.58. The van der Waals surface area contributed by atoms with Gasteiger partial charge in [0.15, 0.2) is 0 Å². The lowest BCUT2D eigenvalue weighted by Gasteiger charge is -2.38. The highest BCUT2D eigenvalue weighted by atomic mass is 15.0. The molecular formula is C28H24N2. The van der Waals surface area contributed by atoms with E-state index in [-0.39, 0.29) is 0 Å². The second kappa shape index (κ2) is 7.07. The summed E-state index contributed by atoms with van der Waals surface area (Å²) in [4.78, 5) is 0. The van der Waals surface area contributed by atoms with Crippen molar-refractivity contribution in [1.29, 1.82) is 0 Å². The number of anilines is 3. The maximum atomic E-state index is 3.90. The van der Waals surface area contributed by atoms with E-state index < -0.39 is 0 Å². The summed E-state index contributed by atoms with van der Waals surface area (Å²) in [6.45, 7) is 0. The molecule has 2 heteroatoms. The van der Waals surface area contributed by atoms with Gasteiger partial charge in [0.05, 0.1) is 6.04 Å². The van der Waals surface area contributed by atoms with E-state index in [1.165, 1.54) is 27.6 Å². The smallest absolute Gasteiger partial charge is 0.0560 e. The van der Waals surface area contributed by atoms with E-state index >= 15 is 0 Å². The molecule has 6 rings (SSSR count). The summed E-state index contributed by atoms with van der Waals surface area (Å²) in [5, 5.41) is 10.1. The van der Waals surface area contributed by atoms with E-state index in [2.05, 4.69) is 108 Å². The minimum Gasteiger partial charge on any atom is -0.378 e. The minimum atomic E-state index is 0.316. The molecule has 0 saturated carbocycles. The molecule has 3 atom stereocenters. The van der Waals surface area contributed by atoms with E-state index in [0.29, 0.717) is 17.9 Å². The van der Waals surface area contributed by atoms with Gasteiger partial charge in [-0.1, -0.05) is 72.8 Å². The van der Waals surface area contributed by atoms with Crippen molar-refractivity contribution >= 4 is 27.8 Å². The lowest BCUT2D eigenvalue weighted by atomic mass is 9.76. The number of benzene rings is 4. The van der Waals surface area contributed by atoms with Crippen molar-refractivity contribution in [1.82, 2.24) is 0 Å². The Labute approximate surface area is 177 Å². The molecule has 0 saturated heterocycles. The highest BCUT2D eigenvalue weighted by Gasteiger charge is 2.38. The Kier molecular flexibility index (Phi) is 4.09. The highest BCUT2D eigenvalue weighted by molar-refractivity contribution is 5.87. The monoisotopic (exact) mass is 388 g/mol. The van der Waals surface area contributed by atoms with Crippen LogP contribution >= 0.6 is 0 Å². The topological polar surface area (TPSA) is 24.1 Å². The van der Waals surface area contributed by atoms with Crippen molar-refractivity contribution in [3.05, 3.63) is 114 Å². The third-order valence-corrected chi connectivity index (χ3v) is 6.58.